The van der Waals surface area contributed by atoms with E-state index < -0.39 is 34.2 Å². The quantitative estimate of drug-likeness (QED) is 0.842. The Balaban J connectivity index is 2.38. The molecule has 8 heteroatoms. The summed E-state index contributed by atoms with van der Waals surface area (Å²) in [7, 11) is 0. The highest BCUT2D eigenvalue weighted by Crippen LogP contribution is 2.38. The molecule has 0 fully saturated rings. The lowest BCUT2D eigenvalue weighted by Gasteiger charge is -2.22. The van der Waals surface area contributed by atoms with Gasteiger partial charge < -0.3 is 14.5 Å². The number of rotatable bonds is 5. The molecule has 0 aliphatic carbocycles. The molecular formula is C16H18F3NO4. The maximum absolute atomic E-state index is 13.4. The van der Waals surface area contributed by atoms with Crippen molar-refractivity contribution in [2.45, 2.75) is 45.3 Å². The van der Waals surface area contributed by atoms with E-state index in [0.717, 1.165) is 0 Å². The number of halogens is 3. The Hall–Kier alpha value is -2.25. The standard InChI is InChI=1S/C16H18F3NO4/c1-5-23-13-10(11(21)12(13)22)20-14(16(17,18)19)9-6-8(7-24-9)15(2,3)4/h6-7,14,20H,5H2,1-4H3/t14-/m0/s1. The number of hydrogen-bond donors (Lipinski definition) is 1. The molecule has 0 saturated carbocycles. The number of anilines is 1. The minimum Gasteiger partial charge on any atom is -0.488 e. The largest absolute Gasteiger partial charge is 0.488 e. The first-order valence-electron chi connectivity index (χ1n) is 7.35. The van der Waals surface area contributed by atoms with E-state index in [2.05, 4.69) is 5.32 Å². The van der Waals surface area contributed by atoms with Gasteiger partial charge in [0.05, 0.1) is 12.9 Å². The third-order valence-corrected chi connectivity index (χ3v) is 3.54. The van der Waals surface area contributed by atoms with Gasteiger partial charge in [0.2, 0.25) is 0 Å². The van der Waals surface area contributed by atoms with Crippen LogP contribution in [0.1, 0.15) is 45.1 Å². The third kappa shape index (κ3) is 3.32. The van der Waals surface area contributed by atoms with E-state index in [0.29, 0.717) is 5.56 Å². The fraction of sp³-hybridized carbons (Fsp3) is 0.500. The van der Waals surface area contributed by atoms with Crippen LogP contribution in [0.5, 0.6) is 5.75 Å². The third-order valence-electron chi connectivity index (χ3n) is 3.54. The molecule has 0 amide bonds. The van der Waals surface area contributed by atoms with Gasteiger partial charge in [-0.05, 0) is 24.0 Å². The Kier molecular flexibility index (Phi) is 4.52. The van der Waals surface area contributed by atoms with Gasteiger partial charge in [0, 0.05) is 0 Å². The molecule has 0 saturated heterocycles. The van der Waals surface area contributed by atoms with Crippen molar-refractivity contribution in [3.05, 3.63) is 44.1 Å². The minimum absolute atomic E-state index is 0.0607. The van der Waals surface area contributed by atoms with E-state index in [-0.39, 0.29) is 18.1 Å². The van der Waals surface area contributed by atoms with Crippen LogP contribution in [0, 0.1) is 0 Å². The van der Waals surface area contributed by atoms with Crippen molar-refractivity contribution in [3.63, 3.8) is 0 Å². The first-order valence-corrected chi connectivity index (χ1v) is 7.35. The number of hydrogen-bond acceptors (Lipinski definition) is 5. The van der Waals surface area contributed by atoms with E-state index in [9.17, 15) is 22.8 Å². The van der Waals surface area contributed by atoms with Crippen molar-refractivity contribution in [1.29, 1.82) is 0 Å². The highest BCUT2D eigenvalue weighted by Gasteiger charge is 2.45. The van der Waals surface area contributed by atoms with Crippen LogP contribution in [0.4, 0.5) is 18.9 Å². The number of alkyl halides is 3. The van der Waals surface area contributed by atoms with Crippen LogP contribution in [-0.2, 0) is 5.41 Å². The lowest BCUT2D eigenvalue weighted by molar-refractivity contribution is -0.147. The minimum atomic E-state index is -4.73. The monoisotopic (exact) mass is 345 g/mol. The fourth-order valence-electron chi connectivity index (χ4n) is 2.14. The van der Waals surface area contributed by atoms with Crippen LogP contribution in [0.2, 0.25) is 0 Å². The molecule has 0 unspecified atom stereocenters. The Morgan fingerprint density at radius 2 is 1.83 bits per heavy atom. The molecule has 5 nitrogen and oxygen atoms in total. The van der Waals surface area contributed by atoms with Gasteiger partial charge in [-0.1, -0.05) is 20.8 Å². The topological polar surface area (TPSA) is 68.5 Å². The first-order chi connectivity index (χ1) is 11.0. The fourth-order valence-corrected chi connectivity index (χ4v) is 2.14. The first kappa shape index (κ1) is 18.1. The number of ether oxygens (including phenoxy) is 1. The molecule has 1 heterocycles. The highest BCUT2D eigenvalue weighted by atomic mass is 19.4. The number of nitrogens with one attached hydrogen (secondary N) is 1. The predicted octanol–water partition coefficient (Wildman–Crippen LogP) is 3.29. The summed E-state index contributed by atoms with van der Waals surface area (Å²) >= 11 is 0. The molecular weight excluding hydrogens is 327 g/mol. The van der Waals surface area contributed by atoms with Crippen LogP contribution in [-0.4, -0.2) is 12.8 Å². The molecule has 1 aromatic carbocycles. The normalized spacial score (nSPS) is 14.0. The lowest BCUT2D eigenvalue weighted by atomic mass is 9.89. The molecule has 0 aliphatic heterocycles. The maximum Gasteiger partial charge on any atom is 0.415 e. The molecule has 0 bridgehead atoms. The Morgan fingerprint density at radius 1 is 1.21 bits per heavy atom. The van der Waals surface area contributed by atoms with Crippen LogP contribution in [0.25, 0.3) is 0 Å². The second-order valence-electron chi connectivity index (χ2n) is 6.40. The molecule has 1 aromatic heterocycles. The molecule has 2 aromatic rings. The Morgan fingerprint density at radius 3 is 2.29 bits per heavy atom. The molecule has 132 valence electrons. The van der Waals surface area contributed by atoms with Gasteiger partial charge in [-0.25, -0.2) is 0 Å². The molecule has 1 N–H and O–H groups in total. The summed E-state index contributed by atoms with van der Waals surface area (Å²) < 4.78 is 50.2. The van der Waals surface area contributed by atoms with Crippen molar-refractivity contribution in [1.82, 2.24) is 0 Å². The maximum atomic E-state index is 13.4. The molecule has 1 atom stereocenters. The Labute approximate surface area is 136 Å². The summed E-state index contributed by atoms with van der Waals surface area (Å²) in [6.45, 7) is 7.12. The molecule has 0 aliphatic rings. The van der Waals surface area contributed by atoms with E-state index in [4.69, 9.17) is 9.15 Å². The van der Waals surface area contributed by atoms with Crippen molar-refractivity contribution >= 4 is 5.69 Å². The zero-order valence-electron chi connectivity index (χ0n) is 13.7. The van der Waals surface area contributed by atoms with Crippen molar-refractivity contribution < 1.29 is 22.3 Å². The van der Waals surface area contributed by atoms with Gasteiger partial charge >= 0.3 is 6.18 Å². The van der Waals surface area contributed by atoms with Crippen LogP contribution < -0.4 is 20.9 Å². The predicted molar refractivity (Wildman–Crippen MR) is 82.3 cm³/mol. The second kappa shape index (κ2) is 5.99. The van der Waals surface area contributed by atoms with Gasteiger partial charge in [-0.15, -0.1) is 0 Å². The summed E-state index contributed by atoms with van der Waals surface area (Å²) in [4.78, 5) is 22.9. The van der Waals surface area contributed by atoms with Crippen LogP contribution in [0.15, 0.2) is 26.3 Å². The number of furan rings is 1. The molecule has 24 heavy (non-hydrogen) atoms. The van der Waals surface area contributed by atoms with Crippen LogP contribution in [0.3, 0.4) is 0 Å². The molecule has 0 radical (unpaired) electrons. The van der Waals surface area contributed by atoms with Gasteiger partial charge in [0.25, 0.3) is 10.9 Å². The van der Waals surface area contributed by atoms with Gasteiger partial charge in [-0.3, -0.25) is 9.59 Å². The average Bonchev–Trinajstić information content (AvgIpc) is 2.94. The van der Waals surface area contributed by atoms with Gasteiger partial charge in [0.15, 0.2) is 11.8 Å². The summed E-state index contributed by atoms with van der Waals surface area (Å²) in [5, 5.41) is 2.06. The lowest BCUT2D eigenvalue weighted by Crippen LogP contribution is -2.39. The summed E-state index contributed by atoms with van der Waals surface area (Å²) in [6.07, 6.45) is -3.47. The van der Waals surface area contributed by atoms with Crippen molar-refractivity contribution in [2.75, 3.05) is 11.9 Å². The highest BCUT2D eigenvalue weighted by molar-refractivity contribution is 5.62. The molecule has 0 spiro atoms. The van der Waals surface area contributed by atoms with E-state index >= 15 is 0 Å². The SMILES string of the molecule is CCOc1c(N[C@@H](c2cc(C(C)(C)C)co2)C(F)(F)F)c(=O)c1=O. The second-order valence-corrected chi connectivity index (χ2v) is 6.40. The van der Waals surface area contributed by atoms with Gasteiger partial charge in [-0.2, -0.15) is 13.2 Å². The summed E-state index contributed by atoms with van der Waals surface area (Å²) in [6, 6.07) is -0.965. The summed E-state index contributed by atoms with van der Waals surface area (Å²) in [5.41, 5.74) is -2.25. The van der Waals surface area contributed by atoms with Crippen LogP contribution >= 0.6 is 0 Å². The van der Waals surface area contributed by atoms with Crippen molar-refractivity contribution in [2.24, 2.45) is 0 Å². The van der Waals surface area contributed by atoms with Gasteiger partial charge in [0.1, 0.15) is 11.4 Å². The summed E-state index contributed by atoms with van der Waals surface area (Å²) in [5.74, 6) is -0.762. The van der Waals surface area contributed by atoms with E-state index in [1.165, 1.54) is 12.3 Å². The van der Waals surface area contributed by atoms with E-state index in [1.807, 2.05) is 20.8 Å². The zero-order valence-corrected chi connectivity index (χ0v) is 13.7. The average molecular weight is 345 g/mol. The zero-order chi connectivity index (χ0) is 18.3. The molecule has 2 rings (SSSR count). The Bertz CT molecular complexity index is 792. The van der Waals surface area contributed by atoms with Crippen molar-refractivity contribution in [3.8, 4) is 5.75 Å². The smallest absolute Gasteiger partial charge is 0.415 e. The van der Waals surface area contributed by atoms with E-state index in [1.54, 1.807) is 6.92 Å².